The quantitative estimate of drug-likeness (QED) is 0.308. The molecular weight excluding hydrogens is 492 g/mol. The van der Waals surface area contributed by atoms with Crippen LogP contribution < -0.4 is 0 Å². The largest absolute Gasteiger partial charge is 0.386 e. The number of aromatic nitrogens is 3. The third kappa shape index (κ3) is 4.16. The van der Waals surface area contributed by atoms with Crippen LogP contribution in [0.1, 0.15) is 56.2 Å². The summed E-state index contributed by atoms with van der Waals surface area (Å²) in [5, 5.41) is 19.6. The smallest absolute Gasteiger partial charge is 0.155 e. The molecule has 6 heteroatoms. The number of nitrogens with one attached hydrogen (secondary N) is 1. The number of hydrogen-bond donors (Lipinski definition) is 2. The zero-order valence-corrected chi connectivity index (χ0v) is 22.9. The summed E-state index contributed by atoms with van der Waals surface area (Å²) in [4.78, 5) is 7.53. The molecule has 3 unspecified atom stereocenters. The number of pyridine rings is 1. The molecule has 4 aromatic rings. The monoisotopic (exact) mass is 526 g/mol. The standard InChI is InChI=1S/C32H35ClN4O/c1-32(2,38)27-10-9-21(17-28(27)33)29-26-16-25(18-34-31(26)36-35-29)20-6-5-19-13-22-7-8-23(15-24(19)14-20)30(22)37-11-3-4-12-37/h5-6,9-10,14,16-18,22-23,30,38H,3-4,7-8,11-13,15H2,1-2H3,(H,34,35,36). The summed E-state index contributed by atoms with van der Waals surface area (Å²) in [6, 6.07) is 15.8. The second-order valence-electron chi connectivity index (χ2n) is 12.2. The van der Waals surface area contributed by atoms with Crippen molar-refractivity contribution in [1.82, 2.24) is 20.1 Å². The maximum atomic E-state index is 10.4. The van der Waals surface area contributed by atoms with Gasteiger partial charge in [-0.1, -0.05) is 41.9 Å². The van der Waals surface area contributed by atoms with Gasteiger partial charge in [0.15, 0.2) is 5.65 Å². The molecule has 2 aliphatic carbocycles. The Hall–Kier alpha value is -2.73. The van der Waals surface area contributed by atoms with Crippen LogP contribution in [0.4, 0.5) is 0 Å². The molecule has 0 radical (unpaired) electrons. The van der Waals surface area contributed by atoms with Gasteiger partial charge in [-0.25, -0.2) is 4.98 Å². The van der Waals surface area contributed by atoms with Gasteiger partial charge in [-0.3, -0.25) is 10.00 Å². The van der Waals surface area contributed by atoms with Crippen LogP contribution in [0.15, 0.2) is 48.7 Å². The molecule has 2 N–H and O–H groups in total. The minimum atomic E-state index is -1.00. The normalized spacial score (nSPS) is 23.6. The van der Waals surface area contributed by atoms with E-state index in [1.807, 2.05) is 24.4 Å². The van der Waals surface area contributed by atoms with Gasteiger partial charge < -0.3 is 5.11 Å². The van der Waals surface area contributed by atoms with E-state index in [0.717, 1.165) is 45.7 Å². The van der Waals surface area contributed by atoms with Gasteiger partial charge in [0, 0.05) is 39.3 Å². The fourth-order valence-electron chi connectivity index (χ4n) is 7.44. The molecule has 1 saturated heterocycles. The third-order valence-corrected chi connectivity index (χ3v) is 9.57. The predicted molar refractivity (Wildman–Crippen MR) is 153 cm³/mol. The summed E-state index contributed by atoms with van der Waals surface area (Å²) >= 11 is 6.55. The van der Waals surface area contributed by atoms with E-state index in [0.29, 0.717) is 10.6 Å². The fraction of sp³-hybridized carbons (Fsp3) is 0.438. The van der Waals surface area contributed by atoms with Crippen LogP contribution in [0.5, 0.6) is 0 Å². The highest BCUT2D eigenvalue weighted by atomic mass is 35.5. The van der Waals surface area contributed by atoms with E-state index >= 15 is 0 Å². The van der Waals surface area contributed by atoms with Gasteiger partial charge in [0.05, 0.1) is 5.60 Å². The predicted octanol–water partition coefficient (Wildman–Crippen LogP) is 6.76. The zero-order valence-electron chi connectivity index (χ0n) is 22.2. The third-order valence-electron chi connectivity index (χ3n) is 9.26. The lowest BCUT2D eigenvalue weighted by atomic mass is 9.90. The Labute approximate surface area is 229 Å². The van der Waals surface area contributed by atoms with Gasteiger partial charge in [-0.15, -0.1) is 0 Å². The van der Waals surface area contributed by atoms with Gasteiger partial charge in [0.2, 0.25) is 0 Å². The lowest BCUT2D eigenvalue weighted by Crippen LogP contribution is -2.40. The van der Waals surface area contributed by atoms with Gasteiger partial charge in [-0.05, 0) is 106 Å². The van der Waals surface area contributed by atoms with Crippen LogP contribution in [0.2, 0.25) is 5.02 Å². The highest BCUT2D eigenvalue weighted by Gasteiger charge is 2.42. The van der Waals surface area contributed by atoms with Crippen molar-refractivity contribution in [3.8, 4) is 22.4 Å². The summed E-state index contributed by atoms with van der Waals surface area (Å²) in [6.07, 6.45) is 9.86. The first-order valence-electron chi connectivity index (χ1n) is 14.1. The number of hydrogen-bond acceptors (Lipinski definition) is 4. The van der Waals surface area contributed by atoms with Crippen LogP contribution in [0.25, 0.3) is 33.4 Å². The van der Waals surface area contributed by atoms with E-state index in [2.05, 4.69) is 39.4 Å². The van der Waals surface area contributed by atoms with Crippen molar-refractivity contribution in [3.63, 3.8) is 0 Å². The first-order valence-corrected chi connectivity index (χ1v) is 14.5. The summed E-state index contributed by atoms with van der Waals surface area (Å²) < 4.78 is 0. The molecule has 3 heterocycles. The van der Waals surface area contributed by atoms with E-state index in [-0.39, 0.29) is 0 Å². The summed E-state index contributed by atoms with van der Waals surface area (Å²) in [7, 11) is 0. The molecule has 38 heavy (non-hydrogen) atoms. The van der Waals surface area contributed by atoms with Crippen LogP contribution in [-0.2, 0) is 18.4 Å². The lowest BCUT2D eigenvalue weighted by Gasteiger charge is -2.32. The molecule has 3 atom stereocenters. The van der Waals surface area contributed by atoms with Crippen molar-refractivity contribution < 1.29 is 5.11 Å². The van der Waals surface area contributed by atoms with Gasteiger partial charge in [0.1, 0.15) is 5.69 Å². The Balaban J connectivity index is 1.22. The molecule has 2 fully saturated rings. The number of aromatic amines is 1. The molecule has 5 nitrogen and oxygen atoms in total. The van der Waals surface area contributed by atoms with Crippen molar-refractivity contribution in [2.45, 2.75) is 64.0 Å². The maximum absolute atomic E-state index is 10.4. The SMILES string of the molecule is CC(C)(O)c1ccc(-c2n[nH]c3ncc(-c4ccc5c(c4)CC4CCC(C5)C4N4CCCC4)cc23)cc1Cl. The number of fused-ring (bicyclic) bond motifs is 4. The molecule has 2 aromatic carbocycles. The van der Waals surface area contributed by atoms with Crippen molar-refractivity contribution in [2.75, 3.05) is 13.1 Å². The Kier molecular flexibility index (Phi) is 5.88. The number of H-pyrrole nitrogens is 1. The molecule has 2 aromatic heterocycles. The van der Waals surface area contributed by atoms with Crippen molar-refractivity contribution in [1.29, 1.82) is 0 Å². The van der Waals surface area contributed by atoms with Crippen molar-refractivity contribution >= 4 is 22.6 Å². The second-order valence-corrected chi connectivity index (χ2v) is 12.6. The van der Waals surface area contributed by atoms with E-state index < -0.39 is 5.60 Å². The first kappa shape index (κ1) is 24.3. The molecule has 0 spiro atoms. The molecule has 3 aliphatic rings. The molecule has 1 saturated carbocycles. The molecule has 1 aliphatic heterocycles. The average molecular weight is 527 g/mol. The van der Waals surface area contributed by atoms with Crippen LogP contribution in [0, 0.1) is 11.8 Å². The van der Waals surface area contributed by atoms with E-state index in [1.54, 1.807) is 19.4 Å². The first-order chi connectivity index (χ1) is 18.3. The number of rotatable bonds is 4. The highest BCUT2D eigenvalue weighted by Crippen LogP contribution is 2.44. The van der Waals surface area contributed by atoms with Crippen molar-refractivity contribution in [2.24, 2.45) is 11.8 Å². The van der Waals surface area contributed by atoms with Crippen LogP contribution in [0.3, 0.4) is 0 Å². The molecule has 196 valence electrons. The van der Waals surface area contributed by atoms with Crippen LogP contribution in [-0.4, -0.2) is 44.3 Å². The molecular formula is C32H35ClN4O. The fourth-order valence-corrected chi connectivity index (χ4v) is 7.85. The second kappa shape index (κ2) is 9.18. The molecule has 2 bridgehead atoms. The lowest BCUT2D eigenvalue weighted by molar-refractivity contribution is 0.0787. The summed E-state index contributed by atoms with van der Waals surface area (Å²) in [6.45, 7) is 6.08. The molecule has 0 amide bonds. The minimum Gasteiger partial charge on any atom is -0.386 e. The number of likely N-dealkylation sites (tertiary alicyclic amines) is 1. The summed E-state index contributed by atoms with van der Waals surface area (Å²) in [5.41, 5.74) is 7.57. The Morgan fingerprint density at radius 2 is 1.66 bits per heavy atom. The van der Waals surface area contributed by atoms with Crippen molar-refractivity contribution in [3.05, 3.63) is 70.4 Å². The number of halogens is 1. The number of nitrogens with zero attached hydrogens (tertiary/aromatic N) is 3. The minimum absolute atomic E-state index is 0.530. The maximum Gasteiger partial charge on any atom is 0.155 e. The van der Waals surface area contributed by atoms with Gasteiger partial charge in [-0.2, -0.15) is 5.10 Å². The Morgan fingerprint density at radius 3 is 2.39 bits per heavy atom. The van der Waals surface area contributed by atoms with E-state index in [4.69, 9.17) is 16.6 Å². The molecule has 7 rings (SSSR count). The van der Waals surface area contributed by atoms with Gasteiger partial charge in [0.25, 0.3) is 0 Å². The topological polar surface area (TPSA) is 65.0 Å². The highest BCUT2D eigenvalue weighted by molar-refractivity contribution is 6.31. The van der Waals surface area contributed by atoms with Crippen LogP contribution >= 0.6 is 11.6 Å². The zero-order chi connectivity index (χ0) is 26.0. The number of benzene rings is 2. The Bertz CT molecular complexity index is 1510. The number of aliphatic hydroxyl groups is 1. The summed E-state index contributed by atoms with van der Waals surface area (Å²) in [5.74, 6) is 1.60. The van der Waals surface area contributed by atoms with E-state index in [9.17, 15) is 5.11 Å². The Morgan fingerprint density at radius 1 is 0.921 bits per heavy atom. The van der Waals surface area contributed by atoms with Gasteiger partial charge >= 0.3 is 0 Å². The van der Waals surface area contributed by atoms with E-state index in [1.165, 1.54) is 62.7 Å². The average Bonchev–Trinajstić information content (AvgIpc) is 3.61.